The fourth-order valence-corrected chi connectivity index (χ4v) is 3.54. The maximum absolute atomic E-state index is 6.58. The van der Waals surface area contributed by atoms with E-state index in [9.17, 15) is 0 Å². The molecule has 0 amide bonds. The highest BCUT2D eigenvalue weighted by atomic mass is 35.5. The van der Waals surface area contributed by atoms with Crippen LogP contribution in [-0.4, -0.2) is 15.3 Å². The molecule has 1 saturated carbocycles. The Morgan fingerprint density at radius 2 is 2.38 bits per heavy atom. The maximum Gasteiger partial charge on any atom is 0.107 e. The number of hydrogen-bond acceptors (Lipinski definition) is 1. The summed E-state index contributed by atoms with van der Waals surface area (Å²) in [5, 5.41) is 0.210. The van der Waals surface area contributed by atoms with E-state index in [2.05, 4.69) is 23.8 Å². The van der Waals surface area contributed by atoms with Crippen LogP contribution in [0.4, 0.5) is 0 Å². The second kappa shape index (κ2) is 4.79. The molecule has 1 aromatic rings. The molecule has 2 unspecified atom stereocenters. The number of rotatable bonds is 3. The zero-order valence-corrected chi connectivity index (χ0v) is 10.9. The molecule has 1 N–H and O–H groups in total. The minimum absolute atomic E-state index is 0.210. The van der Waals surface area contributed by atoms with Crippen molar-refractivity contribution in [2.45, 2.75) is 51.3 Å². The van der Waals surface area contributed by atoms with Crippen molar-refractivity contribution >= 4 is 11.6 Å². The number of halogens is 1. The number of aromatic nitrogens is 2. The van der Waals surface area contributed by atoms with Gasteiger partial charge < -0.3 is 4.98 Å². The van der Waals surface area contributed by atoms with Crippen LogP contribution in [0.5, 0.6) is 0 Å². The molecule has 90 valence electrons. The number of H-pyrrole nitrogens is 1. The Morgan fingerprint density at radius 1 is 1.56 bits per heavy atom. The van der Waals surface area contributed by atoms with Gasteiger partial charge in [-0.25, -0.2) is 4.98 Å². The lowest BCUT2D eigenvalue weighted by Crippen LogP contribution is -2.35. The Balaban J connectivity index is 2.00. The minimum atomic E-state index is 0.210. The molecule has 0 spiro atoms. The molecule has 2 atom stereocenters. The standard InChI is InChI=1S/C13H21ClN2/c1-13(2)6-4-3-5-10(13)11(14)9-12-15-7-8-16-12/h7-8,10-11H,3-6,9H2,1-2H3,(H,15,16). The first-order valence-corrected chi connectivity index (χ1v) is 6.65. The average Bonchev–Trinajstić information content (AvgIpc) is 2.69. The Morgan fingerprint density at radius 3 is 3.00 bits per heavy atom. The SMILES string of the molecule is CC1(C)CCCCC1C(Cl)Cc1ncc[nH]1. The molecule has 0 aliphatic heterocycles. The summed E-state index contributed by atoms with van der Waals surface area (Å²) < 4.78 is 0. The zero-order valence-electron chi connectivity index (χ0n) is 10.2. The lowest BCUT2D eigenvalue weighted by molar-refractivity contribution is 0.132. The van der Waals surface area contributed by atoms with Gasteiger partial charge in [-0.15, -0.1) is 11.6 Å². The molecule has 1 aliphatic carbocycles. The van der Waals surface area contributed by atoms with E-state index in [4.69, 9.17) is 11.6 Å². The molecule has 1 aromatic heterocycles. The van der Waals surface area contributed by atoms with Crippen LogP contribution < -0.4 is 0 Å². The predicted octanol–water partition coefficient (Wildman–Crippen LogP) is 3.78. The first-order valence-electron chi connectivity index (χ1n) is 6.22. The molecular formula is C13H21ClN2. The van der Waals surface area contributed by atoms with Crippen LogP contribution >= 0.6 is 11.6 Å². The maximum atomic E-state index is 6.58. The van der Waals surface area contributed by atoms with E-state index < -0.39 is 0 Å². The first kappa shape index (κ1) is 12.0. The lowest BCUT2D eigenvalue weighted by Gasteiger charge is -2.41. The average molecular weight is 241 g/mol. The van der Waals surface area contributed by atoms with E-state index in [0.29, 0.717) is 11.3 Å². The van der Waals surface area contributed by atoms with Crippen LogP contribution in [0.25, 0.3) is 0 Å². The van der Waals surface area contributed by atoms with Crippen molar-refractivity contribution in [3.63, 3.8) is 0 Å². The molecule has 0 bridgehead atoms. The van der Waals surface area contributed by atoms with Crippen molar-refractivity contribution in [3.8, 4) is 0 Å². The van der Waals surface area contributed by atoms with Crippen molar-refractivity contribution in [1.82, 2.24) is 9.97 Å². The number of nitrogens with one attached hydrogen (secondary N) is 1. The van der Waals surface area contributed by atoms with Gasteiger partial charge >= 0.3 is 0 Å². The van der Waals surface area contributed by atoms with E-state index in [1.807, 2.05) is 6.20 Å². The van der Waals surface area contributed by atoms with E-state index >= 15 is 0 Å². The van der Waals surface area contributed by atoms with Gasteiger partial charge in [-0.3, -0.25) is 0 Å². The monoisotopic (exact) mass is 240 g/mol. The fourth-order valence-electron chi connectivity index (χ4n) is 2.93. The largest absolute Gasteiger partial charge is 0.349 e. The second-order valence-corrected chi connectivity index (χ2v) is 6.16. The number of hydrogen-bond donors (Lipinski definition) is 1. The zero-order chi connectivity index (χ0) is 11.6. The molecule has 0 radical (unpaired) electrons. The molecule has 1 aliphatic rings. The van der Waals surface area contributed by atoms with Crippen LogP contribution in [0.3, 0.4) is 0 Å². The summed E-state index contributed by atoms with van der Waals surface area (Å²) in [6, 6.07) is 0. The smallest absolute Gasteiger partial charge is 0.107 e. The first-order chi connectivity index (χ1) is 7.59. The molecule has 2 rings (SSSR count). The summed E-state index contributed by atoms with van der Waals surface area (Å²) in [5.74, 6) is 1.63. The van der Waals surface area contributed by atoms with Gasteiger partial charge in [0.15, 0.2) is 0 Å². The molecule has 3 heteroatoms. The summed E-state index contributed by atoms with van der Waals surface area (Å²) in [4.78, 5) is 7.40. The Kier molecular flexibility index (Phi) is 3.58. The third-order valence-corrected chi connectivity index (χ3v) is 4.43. The van der Waals surface area contributed by atoms with Crippen LogP contribution in [0.2, 0.25) is 0 Å². The van der Waals surface area contributed by atoms with Gasteiger partial charge in [0.05, 0.1) is 0 Å². The van der Waals surface area contributed by atoms with Crippen LogP contribution in [0.15, 0.2) is 12.4 Å². The van der Waals surface area contributed by atoms with Gasteiger partial charge in [-0.2, -0.15) is 0 Å². The summed E-state index contributed by atoms with van der Waals surface area (Å²) in [7, 11) is 0. The summed E-state index contributed by atoms with van der Waals surface area (Å²) in [6.07, 6.45) is 9.78. The van der Waals surface area contributed by atoms with Crippen LogP contribution in [-0.2, 0) is 6.42 Å². The van der Waals surface area contributed by atoms with E-state index in [1.54, 1.807) is 6.20 Å². The van der Waals surface area contributed by atoms with Crippen molar-refractivity contribution in [2.24, 2.45) is 11.3 Å². The van der Waals surface area contributed by atoms with Crippen LogP contribution in [0.1, 0.15) is 45.4 Å². The van der Waals surface area contributed by atoms with Gasteiger partial charge in [-0.05, 0) is 24.2 Å². The van der Waals surface area contributed by atoms with Gasteiger partial charge in [0.1, 0.15) is 5.82 Å². The lowest BCUT2D eigenvalue weighted by atomic mass is 9.67. The second-order valence-electron chi connectivity index (χ2n) is 5.60. The van der Waals surface area contributed by atoms with E-state index in [-0.39, 0.29) is 5.38 Å². The quantitative estimate of drug-likeness (QED) is 0.801. The van der Waals surface area contributed by atoms with Crippen molar-refractivity contribution in [2.75, 3.05) is 0 Å². The van der Waals surface area contributed by atoms with E-state index in [1.165, 1.54) is 25.7 Å². The van der Waals surface area contributed by atoms with Gasteiger partial charge in [0, 0.05) is 24.2 Å². The molecule has 0 saturated heterocycles. The van der Waals surface area contributed by atoms with E-state index in [0.717, 1.165) is 12.2 Å². The highest BCUT2D eigenvalue weighted by Crippen LogP contribution is 2.44. The Hall–Kier alpha value is -0.500. The summed E-state index contributed by atoms with van der Waals surface area (Å²) >= 11 is 6.58. The van der Waals surface area contributed by atoms with Gasteiger partial charge in [-0.1, -0.05) is 26.7 Å². The Bertz CT molecular complexity index is 319. The highest BCUT2D eigenvalue weighted by Gasteiger charge is 2.36. The molecule has 16 heavy (non-hydrogen) atoms. The molecule has 1 fully saturated rings. The molecular weight excluding hydrogens is 220 g/mol. The number of aromatic amines is 1. The number of nitrogens with zero attached hydrogens (tertiary/aromatic N) is 1. The fraction of sp³-hybridized carbons (Fsp3) is 0.769. The predicted molar refractivity (Wildman–Crippen MR) is 67.7 cm³/mol. The molecule has 2 nitrogen and oxygen atoms in total. The third-order valence-electron chi connectivity index (χ3n) is 3.97. The third kappa shape index (κ3) is 2.60. The van der Waals surface area contributed by atoms with Gasteiger partial charge in [0.25, 0.3) is 0 Å². The summed E-state index contributed by atoms with van der Waals surface area (Å²) in [6.45, 7) is 4.71. The normalized spacial score (nSPS) is 26.6. The number of alkyl halides is 1. The molecule has 1 heterocycles. The minimum Gasteiger partial charge on any atom is -0.349 e. The van der Waals surface area contributed by atoms with Crippen molar-refractivity contribution < 1.29 is 0 Å². The van der Waals surface area contributed by atoms with Crippen LogP contribution in [0, 0.1) is 11.3 Å². The summed E-state index contributed by atoms with van der Waals surface area (Å²) in [5.41, 5.74) is 0.386. The van der Waals surface area contributed by atoms with Crippen molar-refractivity contribution in [1.29, 1.82) is 0 Å². The van der Waals surface area contributed by atoms with Crippen molar-refractivity contribution in [3.05, 3.63) is 18.2 Å². The number of imidazole rings is 1. The van der Waals surface area contributed by atoms with Gasteiger partial charge in [0.2, 0.25) is 0 Å². The highest BCUT2D eigenvalue weighted by molar-refractivity contribution is 6.20. The Labute approximate surface area is 103 Å². The molecule has 0 aromatic carbocycles. The topological polar surface area (TPSA) is 28.7 Å².